The molecular formula is C15H25N3O2S. The first-order valence-electron chi connectivity index (χ1n) is 7.59. The highest BCUT2D eigenvalue weighted by Crippen LogP contribution is 2.18. The summed E-state index contributed by atoms with van der Waals surface area (Å²) in [5, 5.41) is 0. The van der Waals surface area contributed by atoms with E-state index in [0.717, 1.165) is 25.9 Å². The van der Waals surface area contributed by atoms with Crippen LogP contribution in [0.2, 0.25) is 0 Å². The maximum Gasteiger partial charge on any atom is 0.243 e. The predicted octanol–water partition coefficient (Wildman–Crippen LogP) is 1.12. The van der Waals surface area contributed by atoms with Crippen LogP contribution < -0.4 is 5.73 Å². The molecule has 0 radical (unpaired) electrons. The van der Waals surface area contributed by atoms with Crippen LogP contribution in [-0.2, 0) is 10.0 Å². The van der Waals surface area contributed by atoms with Crippen molar-refractivity contribution in [2.24, 2.45) is 5.73 Å². The van der Waals surface area contributed by atoms with Crippen LogP contribution in [0.15, 0.2) is 35.2 Å². The van der Waals surface area contributed by atoms with Crippen molar-refractivity contribution in [1.29, 1.82) is 0 Å². The average Bonchev–Trinajstić information content (AvgIpc) is 2.53. The van der Waals surface area contributed by atoms with Crippen molar-refractivity contribution in [2.45, 2.75) is 30.7 Å². The maximum atomic E-state index is 12.5. The van der Waals surface area contributed by atoms with Gasteiger partial charge in [-0.2, -0.15) is 4.31 Å². The zero-order valence-corrected chi connectivity index (χ0v) is 13.4. The highest BCUT2D eigenvalue weighted by Gasteiger charge is 2.30. The molecule has 118 valence electrons. The molecule has 1 heterocycles. The lowest BCUT2D eigenvalue weighted by Gasteiger charge is -2.38. The second kappa shape index (κ2) is 7.35. The molecule has 21 heavy (non-hydrogen) atoms. The van der Waals surface area contributed by atoms with Crippen molar-refractivity contribution < 1.29 is 8.42 Å². The van der Waals surface area contributed by atoms with Gasteiger partial charge in [-0.1, -0.05) is 31.5 Å². The molecule has 2 N–H and O–H groups in total. The SMILES string of the molecule is CCCC(CN)N1CCN(S(=O)(=O)c2ccccc2)CC1. The first-order chi connectivity index (χ1) is 10.1. The number of nitrogens with zero attached hydrogens (tertiary/aromatic N) is 2. The molecule has 1 atom stereocenters. The largest absolute Gasteiger partial charge is 0.329 e. The van der Waals surface area contributed by atoms with E-state index in [-0.39, 0.29) is 0 Å². The van der Waals surface area contributed by atoms with Gasteiger partial charge in [-0.15, -0.1) is 0 Å². The fraction of sp³-hybridized carbons (Fsp3) is 0.600. The van der Waals surface area contributed by atoms with E-state index >= 15 is 0 Å². The summed E-state index contributed by atoms with van der Waals surface area (Å²) in [6.45, 7) is 5.38. The van der Waals surface area contributed by atoms with Crippen LogP contribution in [0.3, 0.4) is 0 Å². The zero-order valence-electron chi connectivity index (χ0n) is 12.6. The average molecular weight is 311 g/mol. The van der Waals surface area contributed by atoms with Crippen molar-refractivity contribution in [3.05, 3.63) is 30.3 Å². The van der Waals surface area contributed by atoms with Crippen molar-refractivity contribution in [1.82, 2.24) is 9.21 Å². The molecular weight excluding hydrogens is 286 g/mol. The third kappa shape index (κ3) is 3.83. The Balaban J connectivity index is 2.01. The summed E-state index contributed by atoms with van der Waals surface area (Å²) in [4.78, 5) is 2.70. The first kappa shape index (κ1) is 16.4. The molecule has 1 unspecified atom stereocenters. The number of hydrogen-bond acceptors (Lipinski definition) is 4. The fourth-order valence-electron chi connectivity index (χ4n) is 2.83. The van der Waals surface area contributed by atoms with E-state index in [1.165, 1.54) is 0 Å². The monoisotopic (exact) mass is 311 g/mol. The number of piperazine rings is 1. The molecule has 1 aliphatic rings. The minimum Gasteiger partial charge on any atom is -0.329 e. The first-order valence-corrected chi connectivity index (χ1v) is 9.03. The molecule has 0 bridgehead atoms. The van der Waals surface area contributed by atoms with Crippen LogP contribution in [0.5, 0.6) is 0 Å². The number of rotatable bonds is 6. The Morgan fingerprint density at radius 1 is 1.14 bits per heavy atom. The van der Waals surface area contributed by atoms with Gasteiger partial charge in [0.25, 0.3) is 0 Å². The van der Waals surface area contributed by atoms with Crippen LogP contribution in [0.25, 0.3) is 0 Å². The van der Waals surface area contributed by atoms with Crippen molar-refractivity contribution in [2.75, 3.05) is 32.7 Å². The molecule has 1 aromatic rings. The zero-order chi connectivity index (χ0) is 15.3. The highest BCUT2D eigenvalue weighted by molar-refractivity contribution is 7.89. The lowest BCUT2D eigenvalue weighted by atomic mass is 10.1. The van der Waals surface area contributed by atoms with Crippen molar-refractivity contribution in [3.8, 4) is 0 Å². The summed E-state index contributed by atoms with van der Waals surface area (Å²) in [7, 11) is -3.35. The van der Waals surface area contributed by atoms with Gasteiger partial charge < -0.3 is 5.73 Å². The van der Waals surface area contributed by atoms with Gasteiger partial charge in [0.1, 0.15) is 0 Å². The molecule has 1 aliphatic heterocycles. The normalized spacial score (nSPS) is 19.5. The molecule has 0 saturated carbocycles. The van der Waals surface area contributed by atoms with Crippen molar-refractivity contribution in [3.63, 3.8) is 0 Å². The number of nitrogens with two attached hydrogens (primary N) is 1. The van der Waals surface area contributed by atoms with Crippen LogP contribution in [0.1, 0.15) is 19.8 Å². The highest BCUT2D eigenvalue weighted by atomic mass is 32.2. The molecule has 2 rings (SSSR count). The summed E-state index contributed by atoms with van der Waals surface area (Å²) in [5.74, 6) is 0. The molecule has 0 spiro atoms. The Hall–Kier alpha value is -0.950. The Morgan fingerprint density at radius 2 is 1.76 bits per heavy atom. The second-order valence-electron chi connectivity index (χ2n) is 5.43. The Kier molecular flexibility index (Phi) is 5.75. The van der Waals surface area contributed by atoms with Crippen LogP contribution >= 0.6 is 0 Å². The third-order valence-electron chi connectivity index (χ3n) is 4.06. The van der Waals surface area contributed by atoms with E-state index < -0.39 is 10.0 Å². The molecule has 1 aromatic carbocycles. The van der Waals surface area contributed by atoms with Crippen molar-refractivity contribution >= 4 is 10.0 Å². The smallest absolute Gasteiger partial charge is 0.243 e. The van der Waals surface area contributed by atoms with Gasteiger partial charge in [-0.25, -0.2) is 8.42 Å². The van der Waals surface area contributed by atoms with E-state index in [1.807, 2.05) is 6.07 Å². The Bertz CT molecular complexity index is 525. The quantitative estimate of drug-likeness (QED) is 0.855. The molecule has 1 saturated heterocycles. The van der Waals surface area contributed by atoms with Crippen LogP contribution in [-0.4, -0.2) is 56.4 Å². The topological polar surface area (TPSA) is 66.6 Å². The maximum absolute atomic E-state index is 12.5. The molecule has 5 nitrogen and oxygen atoms in total. The van der Waals surface area contributed by atoms with Gasteiger partial charge in [-0.05, 0) is 18.6 Å². The van der Waals surface area contributed by atoms with Gasteiger partial charge in [0.15, 0.2) is 0 Å². The molecule has 0 aliphatic carbocycles. The number of hydrogen-bond donors (Lipinski definition) is 1. The van der Waals surface area contributed by atoms with Crippen LogP contribution in [0.4, 0.5) is 0 Å². The van der Waals surface area contributed by atoms with Gasteiger partial charge in [0.2, 0.25) is 10.0 Å². The van der Waals surface area contributed by atoms with E-state index in [2.05, 4.69) is 11.8 Å². The fourth-order valence-corrected chi connectivity index (χ4v) is 4.28. The molecule has 0 amide bonds. The standard InChI is InChI=1S/C15H25N3O2S/c1-2-6-14(13-16)17-9-11-18(12-10-17)21(19,20)15-7-4-3-5-8-15/h3-5,7-8,14H,2,6,9-13,16H2,1H3. The van der Waals surface area contributed by atoms with E-state index in [4.69, 9.17) is 5.73 Å². The summed E-state index contributed by atoms with van der Waals surface area (Å²) in [6.07, 6.45) is 2.17. The summed E-state index contributed by atoms with van der Waals surface area (Å²) in [6, 6.07) is 9.02. The van der Waals surface area contributed by atoms with Gasteiger partial charge >= 0.3 is 0 Å². The second-order valence-corrected chi connectivity index (χ2v) is 7.37. The lowest BCUT2D eigenvalue weighted by molar-refractivity contribution is 0.133. The predicted molar refractivity (Wildman–Crippen MR) is 84.5 cm³/mol. The van der Waals surface area contributed by atoms with Gasteiger partial charge in [-0.3, -0.25) is 4.90 Å². The van der Waals surface area contributed by atoms with Crippen LogP contribution in [0, 0.1) is 0 Å². The van der Waals surface area contributed by atoms with E-state index in [0.29, 0.717) is 30.6 Å². The van der Waals surface area contributed by atoms with Gasteiger partial charge in [0.05, 0.1) is 4.90 Å². The minimum absolute atomic E-state index is 0.372. The van der Waals surface area contributed by atoms with Gasteiger partial charge in [0, 0.05) is 38.8 Å². The Labute approximate surface area is 127 Å². The molecule has 6 heteroatoms. The Morgan fingerprint density at radius 3 is 2.29 bits per heavy atom. The lowest BCUT2D eigenvalue weighted by Crippen LogP contribution is -2.53. The molecule has 1 fully saturated rings. The molecule has 0 aromatic heterocycles. The summed E-state index contributed by atoms with van der Waals surface area (Å²) >= 11 is 0. The summed E-state index contributed by atoms with van der Waals surface area (Å²) in [5.41, 5.74) is 5.83. The number of benzene rings is 1. The third-order valence-corrected chi connectivity index (χ3v) is 5.98. The van der Waals surface area contributed by atoms with E-state index in [1.54, 1.807) is 28.6 Å². The minimum atomic E-state index is -3.35. The number of sulfonamides is 1. The summed E-state index contributed by atoms with van der Waals surface area (Å²) < 4.78 is 26.7. The van der Waals surface area contributed by atoms with E-state index in [9.17, 15) is 8.42 Å².